The Hall–Kier alpha value is -0.650. The summed E-state index contributed by atoms with van der Waals surface area (Å²) in [6.07, 6.45) is 1.42. The normalized spacial score (nSPS) is 21.6. The standard InChI is InChI=1S/C13H26N2O3/c1-10-4-6-15(7-5-10)9-12(16)8-14-13(17)11(2)18-3/h10-12,16H,4-9H2,1-3H3,(H,14,17)/t11-,12-/m1/s1. The highest BCUT2D eigenvalue weighted by atomic mass is 16.5. The third kappa shape index (κ3) is 5.33. The molecular formula is C13H26N2O3. The Morgan fingerprint density at radius 1 is 1.50 bits per heavy atom. The fourth-order valence-electron chi connectivity index (χ4n) is 2.08. The van der Waals surface area contributed by atoms with Crippen LogP contribution in [-0.2, 0) is 9.53 Å². The number of piperidine rings is 1. The highest BCUT2D eigenvalue weighted by molar-refractivity contribution is 5.80. The molecule has 0 saturated carbocycles. The molecule has 0 aromatic heterocycles. The fraction of sp³-hybridized carbons (Fsp3) is 0.923. The first kappa shape index (κ1) is 15.4. The maximum Gasteiger partial charge on any atom is 0.248 e. The van der Waals surface area contributed by atoms with Crippen LogP contribution in [0.5, 0.6) is 0 Å². The molecule has 0 spiro atoms. The second-order valence-electron chi connectivity index (χ2n) is 5.26. The van der Waals surface area contributed by atoms with Crippen molar-refractivity contribution in [1.29, 1.82) is 0 Å². The van der Waals surface area contributed by atoms with Gasteiger partial charge < -0.3 is 20.1 Å². The topological polar surface area (TPSA) is 61.8 Å². The largest absolute Gasteiger partial charge is 0.390 e. The molecule has 0 aliphatic carbocycles. The number of amides is 1. The Morgan fingerprint density at radius 3 is 2.67 bits per heavy atom. The zero-order valence-corrected chi connectivity index (χ0v) is 11.7. The molecule has 1 rings (SSSR count). The zero-order valence-electron chi connectivity index (χ0n) is 11.7. The first-order valence-electron chi connectivity index (χ1n) is 6.73. The highest BCUT2D eigenvalue weighted by Gasteiger charge is 2.19. The molecule has 0 bridgehead atoms. The van der Waals surface area contributed by atoms with Crippen molar-refractivity contribution in [2.45, 2.75) is 38.9 Å². The summed E-state index contributed by atoms with van der Waals surface area (Å²) in [5.74, 6) is 0.615. The molecule has 5 nitrogen and oxygen atoms in total. The monoisotopic (exact) mass is 258 g/mol. The number of rotatable bonds is 6. The third-order valence-corrected chi connectivity index (χ3v) is 3.58. The quantitative estimate of drug-likeness (QED) is 0.716. The first-order chi connectivity index (χ1) is 8.52. The van der Waals surface area contributed by atoms with Gasteiger partial charge in [-0.2, -0.15) is 0 Å². The van der Waals surface area contributed by atoms with Crippen LogP contribution in [0.2, 0.25) is 0 Å². The zero-order chi connectivity index (χ0) is 13.5. The average molecular weight is 258 g/mol. The van der Waals surface area contributed by atoms with Crippen LogP contribution in [0.3, 0.4) is 0 Å². The van der Waals surface area contributed by atoms with E-state index in [0.29, 0.717) is 13.1 Å². The number of nitrogens with one attached hydrogen (secondary N) is 1. The molecule has 1 aliphatic rings. The van der Waals surface area contributed by atoms with Crippen LogP contribution in [0, 0.1) is 5.92 Å². The summed E-state index contributed by atoms with van der Waals surface area (Å²) in [7, 11) is 1.50. The van der Waals surface area contributed by atoms with Gasteiger partial charge in [0.2, 0.25) is 5.91 Å². The molecule has 1 heterocycles. The van der Waals surface area contributed by atoms with E-state index in [-0.39, 0.29) is 5.91 Å². The van der Waals surface area contributed by atoms with Gasteiger partial charge in [0.25, 0.3) is 0 Å². The smallest absolute Gasteiger partial charge is 0.248 e. The molecule has 0 unspecified atom stereocenters. The number of β-amino-alcohol motifs (C(OH)–C–C–N with tert-alkyl or cyclic N) is 1. The van der Waals surface area contributed by atoms with Crippen LogP contribution < -0.4 is 5.32 Å². The van der Waals surface area contributed by atoms with Gasteiger partial charge in [0, 0.05) is 20.2 Å². The fourth-order valence-corrected chi connectivity index (χ4v) is 2.08. The lowest BCUT2D eigenvalue weighted by atomic mass is 9.99. The van der Waals surface area contributed by atoms with Crippen LogP contribution in [-0.4, -0.2) is 61.4 Å². The molecule has 1 aliphatic heterocycles. The van der Waals surface area contributed by atoms with E-state index < -0.39 is 12.2 Å². The molecule has 1 amide bonds. The molecule has 2 N–H and O–H groups in total. The molecule has 5 heteroatoms. The van der Waals surface area contributed by atoms with Crippen molar-refractivity contribution >= 4 is 5.91 Å². The number of hydrogen-bond acceptors (Lipinski definition) is 4. The van der Waals surface area contributed by atoms with Crippen LogP contribution in [0.25, 0.3) is 0 Å². The van der Waals surface area contributed by atoms with Crippen molar-refractivity contribution in [3.63, 3.8) is 0 Å². The second kappa shape index (κ2) is 7.71. The van der Waals surface area contributed by atoms with Gasteiger partial charge in [-0.3, -0.25) is 4.79 Å². The minimum absolute atomic E-state index is 0.177. The van der Waals surface area contributed by atoms with Crippen molar-refractivity contribution in [2.24, 2.45) is 5.92 Å². The van der Waals surface area contributed by atoms with Crippen molar-refractivity contribution in [1.82, 2.24) is 10.2 Å². The predicted octanol–water partition coefficient (Wildman–Crippen LogP) is 0.230. The molecular weight excluding hydrogens is 232 g/mol. The minimum Gasteiger partial charge on any atom is -0.390 e. The van der Waals surface area contributed by atoms with Gasteiger partial charge in [-0.15, -0.1) is 0 Å². The SMILES string of the molecule is CO[C@H](C)C(=O)NC[C@@H](O)CN1CCC(C)CC1. The summed E-state index contributed by atoms with van der Waals surface area (Å²) < 4.78 is 4.90. The Bertz CT molecular complexity index is 253. The van der Waals surface area contributed by atoms with Gasteiger partial charge in [-0.1, -0.05) is 6.92 Å². The van der Waals surface area contributed by atoms with E-state index in [0.717, 1.165) is 19.0 Å². The van der Waals surface area contributed by atoms with Gasteiger partial charge in [0.15, 0.2) is 0 Å². The van der Waals surface area contributed by atoms with Gasteiger partial charge >= 0.3 is 0 Å². The van der Waals surface area contributed by atoms with Crippen molar-refractivity contribution < 1.29 is 14.6 Å². The van der Waals surface area contributed by atoms with Crippen molar-refractivity contribution in [3.05, 3.63) is 0 Å². The Labute approximate surface area is 109 Å². The molecule has 106 valence electrons. The summed E-state index contributed by atoms with van der Waals surface area (Å²) in [4.78, 5) is 13.7. The number of carbonyl (C=O) groups is 1. The van der Waals surface area contributed by atoms with E-state index in [2.05, 4.69) is 17.1 Å². The minimum atomic E-state index is -0.508. The Balaban J connectivity index is 2.17. The van der Waals surface area contributed by atoms with Crippen molar-refractivity contribution in [2.75, 3.05) is 33.3 Å². The number of carbonyl (C=O) groups excluding carboxylic acids is 1. The van der Waals surface area contributed by atoms with Crippen LogP contribution in [0.1, 0.15) is 26.7 Å². The third-order valence-electron chi connectivity index (χ3n) is 3.58. The lowest BCUT2D eigenvalue weighted by molar-refractivity contribution is -0.130. The molecule has 2 atom stereocenters. The predicted molar refractivity (Wildman–Crippen MR) is 70.3 cm³/mol. The summed E-state index contributed by atoms with van der Waals surface area (Å²) in [6.45, 7) is 6.96. The Kier molecular flexibility index (Phi) is 6.60. The van der Waals surface area contributed by atoms with Crippen LogP contribution in [0.4, 0.5) is 0 Å². The van der Waals surface area contributed by atoms with Gasteiger partial charge in [0.1, 0.15) is 6.10 Å². The number of likely N-dealkylation sites (tertiary alicyclic amines) is 1. The summed E-state index contributed by atoms with van der Waals surface area (Å²) in [6, 6.07) is 0. The van der Waals surface area contributed by atoms with Crippen LogP contribution in [0.15, 0.2) is 0 Å². The lowest BCUT2D eigenvalue weighted by Crippen LogP contribution is -2.44. The van der Waals surface area contributed by atoms with Gasteiger partial charge in [-0.25, -0.2) is 0 Å². The second-order valence-corrected chi connectivity index (χ2v) is 5.26. The van der Waals surface area contributed by atoms with E-state index >= 15 is 0 Å². The average Bonchev–Trinajstić information content (AvgIpc) is 2.37. The first-order valence-corrected chi connectivity index (χ1v) is 6.73. The molecule has 0 aromatic carbocycles. The molecule has 1 saturated heterocycles. The van der Waals surface area contributed by atoms with E-state index in [1.165, 1.54) is 20.0 Å². The maximum absolute atomic E-state index is 11.5. The van der Waals surface area contributed by atoms with Crippen LogP contribution >= 0.6 is 0 Å². The summed E-state index contributed by atoms with van der Waals surface area (Å²) in [5.41, 5.74) is 0. The molecule has 1 fully saturated rings. The Morgan fingerprint density at radius 2 is 2.11 bits per heavy atom. The number of aliphatic hydroxyl groups is 1. The number of aliphatic hydroxyl groups excluding tert-OH is 1. The molecule has 0 radical (unpaired) electrons. The maximum atomic E-state index is 11.5. The number of hydrogen-bond donors (Lipinski definition) is 2. The lowest BCUT2D eigenvalue weighted by Gasteiger charge is -2.31. The van der Waals surface area contributed by atoms with E-state index in [1.807, 2.05) is 0 Å². The molecule has 0 aromatic rings. The van der Waals surface area contributed by atoms with Gasteiger partial charge in [0.05, 0.1) is 6.10 Å². The number of ether oxygens (including phenoxy) is 1. The molecule has 18 heavy (non-hydrogen) atoms. The summed E-state index contributed by atoms with van der Waals surface area (Å²) >= 11 is 0. The van der Waals surface area contributed by atoms with E-state index in [9.17, 15) is 9.90 Å². The van der Waals surface area contributed by atoms with Gasteiger partial charge in [-0.05, 0) is 38.8 Å². The highest BCUT2D eigenvalue weighted by Crippen LogP contribution is 2.15. The van der Waals surface area contributed by atoms with E-state index in [4.69, 9.17) is 4.74 Å². The van der Waals surface area contributed by atoms with Crippen molar-refractivity contribution in [3.8, 4) is 0 Å². The van der Waals surface area contributed by atoms with E-state index in [1.54, 1.807) is 6.92 Å². The number of nitrogens with zero attached hydrogens (tertiary/aromatic N) is 1. The summed E-state index contributed by atoms with van der Waals surface area (Å²) in [5, 5.41) is 12.6. The number of methoxy groups -OCH3 is 1.